The van der Waals surface area contributed by atoms with Crippen molar-refractivity contribution in [3.8, 4) is 0 Å². The van der Waals surface area contributed by atoms with Gasteiger partial charge in [0.2, 0.25) is 5.95 Å². The van der Waals surface area contributed by atoms with Crippen LogP contribution in [0.5, 0.6) is 0 Å². The van der Waals surface area contributed by atoms with Crippen LogP contribution in [0.15, 0.2) is 36.0 Å². The van der Waals surface area contributed by atoms with Gasteiger partial charge in [-0.15, -0.1) is 16.4 Å². The number of aromatic nitrogens is 4. The van der Waals surface area contributed by atoms with Gasteiger partial charge in [-0.3, -0.25) is 0 Å². The molecule has 0 aliphatic rings. The van der Waals surface area contributed by atoms with Crippen LogP contribution in [0.25, 0.3) is 5.65 Å². The van der Waals surface area contributed by atoms with Crippen LogP contribution in [0.3, 0.4) is 0 Å². The fraction of sp³-hybridized carbons (Fsp3) is 0.250. The predicted molar refractivity (Wildman–Crippen MR) is 71.7 cm³/mol. The molecule has 0 radical (unpaired) electrons. The van der Waals surface area contributed by atoms with Crippen molar-refractivity contribution in [3.63, 3.8) is 0 Å². The molecule has 3 aromatic heterocycles. The Morgan fingerprint density at radius 1 is 1.33 bits per heavy atom. The minimum absolute atomic E-state index is 0.279. The fourth-order valence-electron chi connectivity index (χ4n) is 1.75. The molecule has 0 saturated heterocycles. The lowest BCUT2D eigenvalue weighted by Crippen LogP contribution is -2.28. The van der Waals surface area contributed by atoms with Crippen LogP contribution in [-0.2, 0) is 5.54 Å². The number of nitrogens with zero attached hydrogens (tertiary/aromatic N) is 4. The zero-order valence-electron chi connectivity index (χ0n) is 10.2. The number of hydrogen-bond acceptors (Lipinski definition) is 5. The lowest BCUT2D eigenvalue weighted by atomic mass is 10.1. The van der Waals surface area contributed by atoms with Crippen LogP contribution in [0.1, 0.15) is 18.9 Å². The standard InChI is InChI=1S/C12H13N5S/c1-12(2,10-13-6-8-18-10)15-11-14-9-5-3-4-7-17(9)16-11/h3-8H,1-2H3,(H,15,16). The molecule has 0 aliphatic carbocycles. The Labute approximate surface area is 109 Å². The van der Waals surface area contributed by atoms with E-state index in [0.717, 1.165) is 10.7 Å². The minimum atomic E-state index is -0.279. The van der Waals surface area contributed by atoms with Crippen molar-refractivity contribution < 1.29 is 0 Å². The summed E-state index contributed by atoms with van der Waals surface area (Å²) >= 11 is 1.62. The van der Waals surface area contributed by atoms with E-state index in [1.807, 2.05) is 29.8 Å². The molecule has 0 atom stereocenters. The molecular weight excluding hydrogens is 246 g/mol. The van der Waals surface area contributed by atoms with Gasteiger partial charge in [0.05, 0.1) is 5.54 Å². The van der Waals surface area contributed by atoms with Gasteiger partial charge in [0.25, 0.3) is 0 Å². The van der Waals surface area contributed by atoms with E-state index in [2.05, 4.69) is 34.2 Å². The largest absolute Gasteiger partial charge is 0.342 e. The van der Waals surface area contributed by atoms with Crippen LogP contribution >= 0.6 is 11.3 Å². The normalized spacial score (nSPS) is 11.9. The smallest absolute Gasteiger partial charge is 0.243 e. The van der Waals surface area contributed by atoms with Gasteiger partial charge in [-0.25, -0.2) is 9.50 Å². The van der Waals surface area contributed by atoms with Crippen molar-refractivity contribution in [1.29, 1.82) is 0 Å². The van der Waals surface area contributed by atoms with E-state index < -0.39 is 0 Å². The Kier molecular flexibility index (Phi) is 2.52. The second-order valence-electron chi connectivity index (χ2n) is 4.53. The number of pyridine rings is 1. The van der Waals surface area contributed by atoms with E-state index in [4.69, 9.17) is 0 Å². The van der Waals surface area contributed by atoms with Crippen LogP contribution < -0.4 is 5.32 Å². The Bertz CT molecular complexity index is 623. The van der Waals surface area contributed by atoms with E-state index in [-0.39, 0.29) is 5.54 Å². The first-order valence-electron chi connectivity index (χ1n) is 5.65. The Balaban J connectivity index is 1.92. The summed E-state index contributed by atoms with van der Waals surface area (Å²) in [5, 5.41) is 10.7. The lowest BCUT2D eigenvalue weighted by Gasteiger charge is -2.22. The van der Waals surface area contributed by atoms with E-state index in [1.54, 1.807) is 22.0 Å². The van der Waals surface area contributed by atoms with Gasteiger partial charge >= 0.3 is 0 Å². The van der Waals surface area contributed by atoms with Crippen LogP contribution in [0.2, 0.25) is 0 Å². The molecule has 0 bridgehead atoms. The third-order valence-corrected chi connectivity index (χ3v) is 3.73. The quantitative estimate of drug-likeness (QED) is 0.785. The predicted octanol–water partition coefficient (Wildman–Crippen LogP) is 2.53. The highest BCUT2D eigenvalue weighted by atomic mass is 32.1. The maximum Gasteiger partial charge on any atom is 0.243 e. The highest BCUT2D eigenvalue weighted by Crippen LogP contribution is 2.25. The van der Waals surface area contributed by atoms with Crippen LogP contribution in [-0.4, -0.2) is 19.6 Å². The molecule has 3 rings (SSSR count). The highest BCUT2D eigenvalue weighted by Gasteiger charge is 2.24. The van der Waals surface area contributed by atoms with Gasteiger partial charge in [0, 0.05) is 17.8 Å². The summed E-state index contributed by atoms with van der Waals surface area (Å²) in [6.07, 6.45) is 3.68. The first kappa shape index (κ1) is 11.2. The van der Waals surface area contributed by atoms with Gasteiger partial charge < -0.3 is 5.32 Å². The van der Waals surface area contributed by atoms with Crippen molar-refractivity contribution in [2.24, 2.45) is 0 Å². The molecule has 0 fully saturated rings. The van der Waals surface area contributed by atoms with Gasteiger partial charge in [0.1, 0.15) is 5.01 Å². The van der Waals surface area contributed by atoms with E-state index in [1.165, 1.54) is 0 Å². The molecule has 0 unspecified atom stereocenters. The Hall–Kier alpha value is -1.95. The molecule has 3 aromatic rings. The average molecular weight is 259 g/mol. The molecular formula is C12H13N5S. The Morgan fingerprint density at radius 2 is 2.22 bits per heavy atom. The number of anilines is 1. The summed E-state index contributed by atoms with van der Waals surface area (Å²) in [7, 11) is 0. The Morgan fingerprint density at radius 3 is 2.94 bits per heavy atom. The molecule has 1 N–H and O–H groups in total. The summed E-state index contributed by atoms with van der Waals surface area (Å²) in [5.41, 5.74) is 0.550. The number of nitrogens with one attached hydrogen (secondary N) is 1. The highest BCUT2D eigenvalue weighted by molar-refractivity contribution is 7.09. The molecule has 92 valence electrons. The van der Waals surface area contributed by atoms with Crippen molar-refractivity contribution in [2.45, 2.75) is 19.4 Å². The van der Waals surface area contributed by atoms with E-state index >= 15 is 0 Å². The zero-order valence-corrected chi connectivity index (χ0v) is 11.0. The molecule has 6 heteroatoms. The summed E-state index contributed by atoms with van der Waals surface area (Å²) in [4.78, 5) is 8.76. The summed E-state index contributed by atoms with van der Waals surface area (Å²) in [5.74, 6) is 0.612. The molecule has 0 aromatic carbocycles. The number of rotatable bonds is 3. The molecule has 0 amide bonds. The second-order valence-corrected chi connectivity index (χ2v) is 5.42. The first-order chi connectivity index (χ1) is 8.65. The van der Waals surface area contributed by atoms with Gasteiger partial charge in [0.15, 0.2) is 5.65 Å². The van der Waals surface area contributed by atoms with Crippen LogP contribution in [0.4, 0.5) is 5.95 Å². The topological polar surface area (TPSA) is 55.1 Å². The van der Waals surface area contributed by atoms with Crippen molar-refractivity contribution in [1.82, 2.24) is 19.6 Å². The summed E-state index contributed by atoms with van der Waals surface area (Å²) in [6.45, 7) is 4.13. The molecule has 0 saturated carbocycles. The van der Waals surface area contributed by atoms with Crippen LogP contribution in [0, 0.1) is 0 Å². The zero-order chi connectivity index (χ0) is 12.6. The van der Waals surface area contributed by atoms with E-state index in [9.17, 15) is 0 Å². The average Bonchev–Trinajstić information content (AvgIpc) is 2.96. The van der Waals surface area contributed by atoms with Crippen molar-refractivity contribution in [2.75, 3.05) is 5.32 Å². The molecule has 3 heterocycles. The SMILES string of the molecule is CC(C)(Nc1nc2ccccn2n1)c1nccs1. The van der Waals surface area contributed by atoms with Gasteiger partial charge in [-0.05, 0) is 26.0 Å². The molecule has 0 aliphatic heterocycles. The van der Waals surface area contributed by atoms with Gasteiger partial charge in [-0.1, -0.05) is 6.07 Å². The minimum Gasteiger partial charge on any atom is -0.342 e. The lowest BCUT2D eigenvalue weighted by molar-refractivity contribution is 0.597. The van der Waals surface area contributed by atoms with Crippen molar-refractivity contribution >= 4 is 22.9 Å². The van der Waals surface area contributed by atoms with Crippen molar-refractivity contribution in [3.05, 3.63) is 41.0 Å². The third-order valence-electron chi connectivity index (χ3n) is 2.63. The fourth-order valence-corrected chi connectivity index (χ4v) is 2.47. The number of fused-ring (bicyclic) bond motifs is 1. The first-order valence-corrected chi connectivity index (χ1v) is 6.53. The van der Waals surface area contributed by atoms with Gasteiger partial charge in [-0.2, -0.15) is 4.98 Å². The third kappa shape index (κ3) is 1.95. The summed E-state index contributed by atoms with van der Waals surface area (Å²) in [6, 6.07) is 5.80. The van der Waals surface area contributed by atoms with E-state index in [0.29, 0.717) is 5.95 Å². The monoisotopic (exact) mass is 259 g/mol. The molecule has 5 nitrogen and oxygen atoms in total. The number of hydrogen-bond donors (Lipinski definition) is 1. The summed E-state index contributed by atoms with van der Waals surface area (Å²) < 4.78 is 1.75. The maximum absolute atomic E-state index is 4.43. The molecule has 0 spiro atoms. The molecule has 18 heavy (non-hydrogen) atoms. The maximum atomic E-state index is 4.43. The second kappa shape index (κ2) is 4.06. The number of thiazole rings is 1.